The highest BCUT2D eigenvalue weighted by Gasteiger charge is 2.00. The monoisotopic (exact) mass is 238 g/mol. The van der Waals surface area contributed by atoms with Crippen LogP contribution in [0.5, 0.6) is 0 Å². The molecule has 17 heavy (non-hydrogen) atoms. The van der Waals surface area contributed by atoms with Crippen molar-refractivity contribution in [1.82, 2.24) is 0 Å². The largest absolute Gasteiger partial charge is 0.0764 e. The zero-order valence-corrected chi connectivity index (χ0v) is 13.3. The van der Waals surface area contributed by atoms with E-state index in [0.717, 1.165) is 5.92 Å². The van der Waals surface area contributed by atoms with Gasteiger partial charge in [0.1, 0.15) is 0 Å². The summed E-state index contributed by atoms with van der Waals surface area (Å²) in [5, 5.41) is 0. The first kappa shape index (κ1) is 18.8. The standard InChI is InChI=1S/C15H28.C2H6/c1-6-8-14(4)9-7-10-15(5)12-11-13(2)3;1-2/h11-12,14H,6-10H2,1-5H3;1-2H3/b15-12+;. The van der Waals surface area contributed by atoms with Gasteiger partial charge in [-0.25, -0.2) is 0 Å². The van der Waals surface area contributed by atoms with Crippen molar-refractivity contribution in [2.75, 3.05) is 0 Å². The molecule has 0 spiro atoms. The maximum absolute atomic E-state index is 2.37. The fourth-order valence-electron chi connectivity index (χ4n) is 1.76. The number of hydrogen-bond donors (Lipinski definition) is 0. The molecule has 1 unspecified atom stereocenters. The summed E-state index contributed by atoms with van der Waals surface area (Å²) in [6.45, 7) is 15.2. The predicted octanol–water partition coefficient (Wildman–Crippen LogP) is 6.53. The van der Waals surface area contributed by atoms with E-state index in [9.17, 15) is 0 Å². The van der Waals surface area contributed by atoms with Crippen molar-refractivity contribution in [2.45, 2.75) is 80.6 Å². The molecule has 0 aromatic rings. The molecule has 0 fully saturated rings. The summed E-state index contributed by atoms with van der Waals surface area (Å²) < 4.78 is 0. The van der Waals surface area contributed by atoms with Gasteiger partial charge in [0.25, 0.3) is 0 Å². The van der Waals surface area contributed by atoms with Crippen molar-refractivity contribution in [2.24, 2.45) is 5.92 Å². The molecule has 0 amide bonds. The normalized spacial score (nSPS) is 12.5. The lowest BCUT2D eigenvalue weighted by atomic mass is 9.97. The second-order valence-electron chi connectivity index (χ2n) is 5.04. The van der Waals surface area contributed by atoms with Crippen molar-refractivity contribution in [1.29, 1.82) is 0 Å². The lowest BCUT2D eigenvalue weighted by molar-refractivity contribution is 0.469. The van der Waals surface area contributed by atoms with Crippen LogP contribution in [0.1, 0.15) is 80.6 Å². The number of hydrogen-bond acceptors (Lipinski definition) is 0. The van der Waals surface area contributed by atoms with Crippen LogP contribution in [0.3, 0.4) is 0 Å². The molecule has 0 bridgehead atoms. The van der Waals surface area contributed by atoms with Crippen LogP contribution in [0.2, 0.25) is 0 Å². The third kappa shape index (κ3) is 15.5. The first-order valence-corrected chi connectivity index (χ1v) is 7.37. The summed E-state index contributed by atoms with van der Waals surface area (Å²) in [6, 6.07) is 0. The number of rotatable bonds is 7. The molecule has 0 saturated heterocycles. The topological polar surface area (TPSA) is 0 Å². The minimum absolute atomic E-state index is 0.909. The second-order valence-corrected chi connectivity index (χ2v) is 5.04. The summed E-state index contributed by atoms with van der Waals surface area (Å²) in [6.07, 6.45) is 11.2. The second kappa shape index (κ2) is 13.5. The van der Waals surface area contributed by atoms with Crippen LogP contribution < -0.4 is 0 Å². The maximum atomic E-state index is 2.37. The van der Waals surface area contributed by atoms with E-state index < -0.39 is 0 Å². The zero-order chi connectivity index (χ0) is 13.7. The predicted molar refractivity (Wildman–Crippen MR) is 82.5 cm³/mol. The van der Waals surface area contributed by atoms with Gasteiger partial charge in [-0.3, -0.25) is 0 Å². The molecule has 0 saturated carbocycles. The molecule has 0 aliphatic carbocycles. The minimum atomic E-state index is 0.909. The van der Waals surface area contributed by atoms with E-state index in [2.05, 4.69) is 46.8 Å². The Kier molecular flexibility index (Phi) is 15.0. The fraction of sp³-hybridized carbons (Fsp3) is 0.765. The summed E-state index contributed by atoms with van der Waals surface area (Å²) in [5.74, 6) is 0.909. The van der Waals surface area contributed by atoms with Crippen molar-refractivity contribution >= 4 is 0 Å². The first-order chi connectivity index (χ1) is 8.06. The molecule has 0 radical (unpaired) electrons. The Morgan fingerprint density at radius 3 is 2.06 bits per heavy atom. The van der Waals surface area contributed by atoms with E-state index >= 15 is 0 Å². The van der Waals surface area contributed by atoms with Crippen LogP contribution in [0, 0.1) is 5.92 Å². The molecule has 0 aromatic carbocycles. The molecular weight excluding hydrogens is 204 g/mol. The quantitative estimate of drug-likeness (QED) is 0.442. The van der Waals surface area contributed by atoms with Gasteiger partial charge in [0.15, 0.2) is 0 Å². The van der Waals surface area contributed by atoms with Crippen LogP contribution in [-0.2, 0) is 0 Å². The molecule has 0 aromatic heterocycles. The average Bonchev–Trinajstić information content (AvgIpc) is 2.29. The van der Waals surface area contributed by atoms with Crippen LogP contribution in [-0.4, -0.2) is 0 Å². The summed E-state index contributed by atoms with van der Waals surface area (Å²) >= 11 is 0. The molecule has 0 aliphatic heterocycles. The first-order valence-electron chi connectivity index (χ1n) is 7.37. The molecule has 0 aliphatic rings. The highest BCUT2D eigenvalue weighted by Crippen LogP contribution is 2.16. The van der Waals surface area contributed by atoms with Gasteiger partial charge >= 0.3 is 0 Å². The van der Waals surface area contributed by atoms with Gasteiger partial charge in [-0.1, -0.05) is 70.3 Å². The van der Waals surface area contributed by atoms with Gasteiger partial charge in [-0.05, 0) is 39.5 Å². The third-order valence-corrected chi connectivity index (χ3v) is 2.75. The molecular formula is C17H34. The maximum Gasteiger partial charge on any atom is -0.0320 e. The Morgan fingerprint density at radius 1 is 1.00 bits per heavy atom. The van der Waals surface area contributed by atoms with E-state index in [1.54, 1.807) is 0 Å². The minimum Gasteiger partial charge on any atom is -0.0764 e. The van der Waals surface area contributed by atoms with Gasteiger partial charge in [0, 0.05) is 0 Å². The lowest BCUT2D eigenvalue weighted by Crippen LogP contribution is -1.93. The van der Waals surface area contributed by atoms with Gasteiger partial charge in [0.2, 0.25) is 0 Å². The van der Waals surface area contributed by atoms with Crippen molar-refractivity contribution in [3.63, 3.8) is 0 Å². The van der Waals surface area contributed by atoms with E-state index in [1.807, 2.05) is 13.8 Å². The SMILES string of the molecule is CC.CCCC(C)CCC/C(C)=C/C=C(C)C. The Balaban J connectivity index is 0. The van der Waals surface area contributed by atoms with E-state index in [4.69, 9.17) is 0 Å². The molecule has 0 rings (SSSR count). The van der Waals surface area contributed by atoms with Gasteiger partial charge < -0.3 is 0 Å². The summed E-state index contributed by atoms with van der Waals surface area (Å²) in [5.41, 5.74) is 2.90. The molecule has 102 valence electrons. The van der Waals surface area contributed by atoms with Gasteiger partial charge in [0.05, 0.1) is 0 Å². The van der Waals surface area contributed by atoms with Crippen LogP contribution >= 0.6 is 0 Å². The molecule has 0 nitrogen and oxygen atoms in total. The van der Waals surface area contributed by atoms with Crippen molar-refractivity contribution in [3.8, 4) is 0 Å². The Bertz CT molecular complexity index is 204. The summed E-state index contributed by atoms with van der Waals surface area (Å²) in [7, 11) is 0. The molecule has 0 heteroatoms. The number of allylic oxidation sites excluding steroid dienone is 4. The van der Waals surface area contributed by atoms with Crippen LogP contribution in [0.25, 0.3) is 0 Å². The van der Waals surface area contributed by atoms with Gasteiger partial charge in [-0.2, -0.15) is 0 Å². The lowest BCUT2D eigenvalue weighted by Gasteiger charge is -2.09. The van der Waals surface area contributed by atoms with E-state index in [1.165, 1.54) is 43.3 Å². The van der Waals surface area contributed by atoms with Gasteiger partial charge in [-0.15, -0.1) is 0 Å². The Morgan fingerprint density at radius 2 is 1.59 bits per heavy atom. The molecule has 0 heterocycles. The zero-order valence-electron chi connectivity index (χ0n) is 13.3. The molecule has 1 atom stereocenters. The Labute approximate surface area is 110 Å². The average molecular weight is 238 g/mol. The van der Waals surface area contributed by atoms with Crippen molar-refractivity contribution in [3.05, 3.63) is 23.3 Å². The Hall–Kier alpha value is -0.520. The van der Waals surface area contributed by atoms with Crippen LogP contribution in [0.4, 0.5) is 0 Å². The van der Waals surface area contributed by atoms with E-state index in [0.29, 0.717) is 0 Å². The van der Waals surface area contributed by atoms with E-state index in [-0.39, 0.29) is 0 Å². The smallest absolute Gasteiger partial charge is 0.0320 e. The highest BCUT2D eigenvalue weighted by molar-refractivity contribution is 5.13. The van der Waals surface area contributed by atoms with Crippen molar-refractivity contribution < 1.29 is 0 Å². The summed E-state index contributed by atoms with van der Waals surface area (Å²) in [4.78, 5) is 0. The fourth-order valence-corrected chi connectivity index (χ4v) is 1.76. The van der Waals surface area contributed by atoms with Crippen LogP contribution in [0.15, 0.2) is 23.3 Å². The molecule has 0 N–H and O–H groups in total. The highest BCUT2D eigenvalue weighted by atomic mass is 14.1. The third-order valence-electron chi connectivity index (χ3n) is 2.75.